The molecule has 0 amide bonds. The summed E-state index contributed by atoms with van der Waals surface area (Å²) in [5.41, 5.74) is 6.59. The molecule has 0 saturated heterocycles. The van der Waals surface area contributed by atoms with Crippen LogP contribution in [0.1, 0.15) is 66.2 Å². The maximum absolute atomic E-state index is 6.23. The molecule has 0 aromatic carbocycles. The highest BCUT2D eigenvalue weighted by molar-refractivity contribution is 4.78. The third kappa shape index (κ3) is 6.19. The van der Waals surface area contributed by atoms with Crippen LogP contribution in [-0.4, -0.2) is 30.6 Å². The lowest BCUT2D eigenvalue weighted by Gasteiger charge is -2.34. The number of rotatable bonds is 5. The summed E-state index contributed by atoms with van der Waals surface area (Å²) in [6.07, 6.45) is 7.84. The SMILES string of the molecule is CC1CCC(N(C)CCC(N)CC(C)(C)C)CC1. The van der Waals surface area contributed by atoms with Crippen LogP contribution in [0, 0.1) is 11.3 Å². The number of nitrogens with two attached hydrogens (primary N) is 1. The van der Waals surface area contributed by atoms with Gasteiger partial charge in [-0.25, -0.2) is 0 Å². The summed E-state index contributed by atoms with van der Waals surface area (Å²) in [6, 6.07) is 1.16. The van der Waals surface area contributed by atoms with E-state index in [1.165, 1.54) is 25.7 Å². The monoisotopic (exact) mass is 254 g/mol. The molecule has 1 atom stereocenters. The number of hydrogen-bond acceptors (Lipinski definition) is 2. The first-order chi connectivity index (χ1) is 8.28. The summed E-state index contributed by atoms with van der Waals surface area (Å²) in [6.45, 7) is 10.4. The first-order valence-electron chi connectivity index (χ1n) is 7.74. The van der Waals surface area contributed by atoms with Crippen LogP contribution < -0.4 is 5.73 Å². The topological polar surface area (TPSA) is 29.3 Å². The van der Waals surface area contributed by atoms with E-state index in [0.717, 1.165) is 31.3 Å². The van der Waals surface area contributed by atoms with Crippen molar-refractivity contribution in [2.75, 3.05) is 13.6 Å². The summed E-state index contributed by atoms with van der Waals surface area (Å²) < 4.78 is 0. The molecule has 0 spiro atoms. The summed E-state index contributed by atoms with van der Waals surface area (Å²) in [7, 11) is 2.28. The van der Waals surface area contributed by atoms with Crippen LogP contribution in [0.5, 0.6) is 0 Å². The summed E-state index contributed by atoms with van der Waals surface area (Å²) >= 11 is 0. The summed E-state index contributed by atoms with van der Waals surface area (Å²) in [5.74, 6) is 0.942. The van der Waals surface area contributed by atoms with Crippen LogP contribution in [0.15, 0.2) is 0 Å². The fraction of sp³-hybridized carbons (Fsp3) is 1.00. The molecule has 0 heterocycles. The number of nitrogens with zero attached hydrogens (tertiary/aromatic N) is 1. The summed E-state index contributed by atoms with van der Waals surface area (Å²) in [4.78, 5) is 2.55. The highest BCUT2D eigenvalue weighted by Gasteiger charge is 2.22. The first-order valence-corrected chi connectivity index (χ1v) is 7.74. The molecule has 2 N–H and O–H groups in total. The van der Waals surface area contributed by atoms with E-state index in [0.29, 0.717) is 11.5 Å². The molecule has 0 bridgehead atoms. The van der Waals surface area contributed by atoms with E-state index in [-0.39, 0.29) is 0 Å². The molecule has 0 radical (unpaired) electrons. The van der Waals surface area contributed by atoms with Gasteiger partial charge in [-0.1, -0.05) is 27.7 Å². The van der Waals surface area contributed by atoms with Crippen LogP contribution in [0.3, 0.4) is 0 Å². The van der Waals surface area contributed by atoms with Crippen molar-refractivity contribution in [1.82, 2.24) is 4.90 Å². The molecule has 1 aliphatic rings. The average Bonchev–Trinajstić information content (AvgIpc) is 2.24. The van der Waals surface area contributed by atoms with Crippen molar-refractivity contribution >= 4 is 0 Å². The van der Waals surface area contributed by atoms with Gasteiger partial charge in [-0.3, -0.25) is 0 Å². The lowest BCUT2D eigenvalue weighted by Crippen LogP contribution is -2.38. The Bertz CT molecular complexity index is 224. The van der Waals surface area contributed by atoms with E-state index in [2.05, 4.69) is 39.6 Å². The Morgan fingerprint density at radius 3 is 2.22 bits per heavy atom. The zero-order chi connectivity index (χ0) is 13.8. The van der Waals surface area contributed by atoms with Crippen LogP contribution in [0.2, 0.25) is 0 Å². The van der Waals surface area contributed by atoms with Gasteiger partial charge < -0.3 is 10.6 Å². The zero-order valence-electron chi connectivity index (χ0n) is 13.2. The predicted molar refractivity (Wildman–Crippen MR) is 80.7 cm³/mol. The minimum Gasteiger partial charge on any atom is -0.328 e. The molecule has 1 aliphatic carbocycles. The third-order valence-corrected chi connectivity index (χ3v) is 4.34. The van der Waals surface area contributed by atoms with Crippen molar-refractivity contribution in [1.29, 1.82) is 0 Å². The maximum Gasteiger partial charge on any atom is 0.00924 e. The molecular formula is C16H34N2. The Hall–Kier alpha value is -0.0800. The molecule has 2 nitrogen and oxygen atoms in total. The Balaban J connectivity index is 2.22. The zero-order valence-corrected chi connectivity index (χ0v) is 13.2. The molecule has 1 unspecified atom stereocenters. The lowest BCUT2D eigenvalue weighted by molar-refractivity contribution is 0.162. The fourth-order valence-corrected chi connectivity index (χ4v) is 3.12. The van der Waals surface area contributed by atoms with Crippen molar-refractivity contribution in [2.24, 2.45) is 17.1 Å². The highest BCUT2D eigenvalue weighted by Crippen LogP contribution is 2.27. The van der Waals surface area contributed by atoms with Crippen molar-refractivity contribution in [3.63, 3.8) is 0 Å². The molecule has 2 heteroatoms. The van der Waals surface area contributed by atoms with Crippen LogP contribution in [0.4, 0.5) is 0 Å². The van der Waals surface area contributed by atoms with Gasteiger partial charge in [-0.05, 0) is 63.5 Å². The van der Waals surface area contributed by atoms with Crippen LogP contribution >= 0.6 is 0 Å². The maximum atomic E-state index is 6.23. The van der Waals surface area contributed by atoms with Gasteiger partial charge in [0.25, 0.3) is 0 Å². The largest absolute Gasteiger partial charge is 0.328 e. The highest BCUT2D eigenvalue weighted by atomic mass is 15.1. The van der Waals surface area contributed by atoms with Crippen LogP contribution in [0.25, 0.3) is 0 Å². The van der Waals surface area contributed by atoms with E-state index < -0.39 is 0 Å². The van der Waals surface area contributed by atoms with Gasteiger partial charge in [0, 0.05) is 12.1 Å². The Kier molecular flexibility index (Phi) is 6.13. The van der Waals surface area contributed by atoms with E-state index in [4.69, 9.17) is 5.73 Å². The molecular weight excluding hydrogens is 220 g/mol. The second-order valence-corrected chi connectivity index (χ2v) is 7.71. The molecule has 108 valence electrons. The van der Waals surface area contributed by atoms with Gasteiger partial charge in [0.05, 0.1) is 0 Å². The Labute approximate surface area is 114 Å². The van der Waals surface area contributed by atoms with Gasteiger partial charge in [-0.15, -0.1) is 0 Å². The van der Waals surface area contributed by atoms with Gasteiger partial charge in [-0.2, -0.15) is 0 Å². The number of hydrogen-bond donors (Lipinski definition) is 1. The minimum atomic E-state index is 0.356. The fourth-order valence-electron chi connectivity index (χ4n) is 3.12. The molecule has 1 saturated carbocycles. The molecule has 18 heavy (non-hydrogen) atoms. The second-order valence-electron chi connectivity index (χ2n) is 7.71. The normalized spacial score (nSPS) is 27.5. The standard InChI is InChI=1S/C16H34N2/c1-13-6-8-15(9-7-13)18(5)11-10-14(17)12-16(2,3)4/h13-15H,6-12,17H2,1-5H3. The van der Waals surface area contributed by atoms with Gasteiger partial charge in [0.15, 0.2) is 0 Å². The van der Waals surface area contributed by atoms with Crippen molar-refractivity contribution in [3.8, 4) is 0 Å². The molecule has 0 aromatic heterocycles. The average molecular weight is 254 g/mol. The van der Waals surface area contributed by atoms with Crippen LogP contribution in [-0.2, 0) is 0 Å². The van der Waals surface area contributed by atoms with E-state index >= 15 is 0 Å². The van der Waals surface area contributed by atoms with Gasteiger partial charge >= 0.3 is 0 Å². The third-order valence-electron chi connectivity index (χ3n) is 4.34. The lowest BCUT2D eigenvalue weighted by atomic mass is 9.86. The van der Waals surface area contributed by atoms with E-state index in [1.54, 1.807) is 0 Å². The molecule has 1 fully saturated rings. The smallest absolute Gasteiger partial charge is 0.00924 e. The quantitative estimate of drug-likeness (QED) is 0.811. The van der Waals surface area contributed by atoms with E-state index in [9.17, 15) is 0 Å². The molecule has 0 aliphatic heterocycles. The van der Waals surface area contributed by atoms with Crippen molar-refractivity contribution in [3.05, 3.63) is 0 Å². The molecule has 1 rings (SSSR count). The second kappa shape index (κ2) is 6.91. The van der Waals surface area contributed by atoms with E-state index in [1.807, 2.05) is 0 Å². The van der Waals surface area contributed by atoms with Gasteiger partial charge in [0.1, 0.15) is 0 Å². The van der Waals surface area contributed by atoms with Crippen molar-refractivity contribution < 1.29 is 0 Å². The minimum absolute atomic E-state index is 0.356. The van der Waals surface area contributed by atoms with Gasteiger partial charge in [0.2, 0.25) is 0 Å². The van der Waals surface area contributed by atoms with Crippen molar-refractivity contribution in [2.45, 2.75) is 78.3 Å². The Morgan fingerprint density at radius 2 is 1.72 bits per heavy atom. The predicted octanol–water partition coefficient (Wildman–Crippen LogP) is 3.65. The Morgan fingerprint density at radius 1 is 1.17 bits per heavy atom. The summed E-state index contributed by atoms with van der Waals surface area (Å²) in [5, 5.41) is 0. The molecule has 0 aromatic rings. The first kappa shape index (κ1) is 16.0.